The van der Waals surface area contributed by atoms with Crippen LogP contribution in [0.15, 0.2) is 24.4 Å². The van der Waals surface area contributed by atoms with Crippen molar-refractivity contribution in [2.45, 2.75) is 31.5 Å². The summed E-state index contributed by atoms with van der Waals surface area (Å²) >= 11 is 0. The molecule has 0 radical (unpaired) electrons. The largest absolute Gasteiger partial charge is 0.395 e. The second kappa shape index (κ2) is 7.22. The summed E-state index contributed by atoms with van der Waals surface area (Å²) in [5.74, 6) is -1.52. The van der Waals surface area contributed by atoms with Gasteiger partial charge >= 0.3 is 0 Å². The number of pyridine rings is 1. The number of aromatic nitrogens is 1. The lowest BCUT2D eigenvalue weighted by atomic mass is 9.94. The average Bonchev–Trinajstić information content (AvgIpc) is 2.62. The van der Waals surface area contributed by atoms with Gasteiger partial charge < -0.3 is 20.5 Å². The summed E-state index contributed by atoms with van der Waals surface area (Å²) in [6, 6.07) is 3.60. The third-order valence-corrected chi connectivity index (χ3v) is 4.43. The van der Waals surface area contributed by atoms with Crippen molar-refractivity contribution in [2.75, 3.05) is 19.8 Å². The van der Waals surface area contributed by atoms with Crippen molar-refractivity contribution in [3.63, 3.8) is 0 Å². The normalized spacial score (nSPS) is 21.0. The number of amides is 1. The number of hydrogen-bond donors (Lipinski definition) is 3. The molecule has 1 aromatic heterocycles. The minimum atomic E-state index is -0.932. The van der Waals surface area contributed by atoms with Crippen LogP contribution < -0.4 is 10.6 Å². The van der Waals surface area contributed by atoms with E-state index in [0.29, 0.717) is 11.1 Å². The first-order valence-corrected chi connectivity index (χ1v) is 8.34. The summed E-state index contributed by atoms with van der Waals surface area (Å²) in [6.45, 7) is 3.91. The van der Waals surface area contributed by atoms with E-state index in [1.807, 2.05) is 0 Å². The molecule has 0 saturated carbocycles. The maximum absolute atomic E-state index is 14.0. The van der Waals surface area contributed by atoms with Gasteiger partial charge in [0.05, 0.1) is 36.7 Å². The van der Waals surface area contributed by atoms with Crippen LogP contribution in [-0.4, -0.2) is 47.9 Å². The molecule has 0 unspecified atom stereocenters. The molecule has 1 aliphatic rings. The van der Waals surface area contributed by atoms with Crippen molar-refractivity contribution < 1.29 is 23.4 Å². The van der Waals surface area contributed by atoms with E-state index in [0.717, 1.165) is 12.3 Å². The maximum Gasteiger partial charge on any atom is 0.251 e. The van der Waals surface area contributed by atoms with Gasteiger partial charge in [-0.2, -0.15) is 0 Å². The number of morpholine rings is 1. The molecule has 1 saturated heterocycles. The van der Waals surface area contributed by atoms with Crippen LogP contribution in [0.2, 0.25) is 0 Å². The summed E-state index contributed by atoms with van der Waals surface area (Å²) in [4.78, 5) is 16.7. The lowest BCUT2D eigenvalue weighted by Gasteiger charge is -2.32. The summed E-state index contributed by atoms with van der Waals surface area (Å²) in [5, 5.41) is 15.5. The molecule has 26 heavy (non-hydrogen) atoms. The van der Waals surface area contributed by atoms with Crippen LogP contribution in [0.5, 0.6) is 0 Å². The minimum absolute atomic E-state index is 0.0676. The topological polar surface area (TPSA) is 83.5 Å². The quantitative estimate of drug-likeness (QED) is 0.759. The van der Waals surface area contributed by atoms with Crippen molar-refractivity contribution in [2.24, 2.45) is 0 Å². The van der Waals surface area contributed by atoms with E-state index >= 15 is 0 Å². The van der Waals surface area contributed by atoms with E-state index < -0.39 is 23.3 Å². The van der Waals surface area contributed by atoms with Crippen molar-refractivity contribution in [1.82, 2.24) is 15.6 Å². The lowest BCUT2D eigenvalue weighted by Crippen LogP contribution is -2.56. The van der Waals surface area contributed by atoms with Gasteiger partial charge in [-0.3, -0.25) is 9.78 Å². The number of fused-ring (bicyclic) bond motifs is 1. The first kappa shape index (κ1) is 18.6. The zero-order valence-corrected chi connectivity index (χ0v) is 14.6. The predicted octanol–water partition coefficient (Wildman–Crippen LogP) is 1.21. The molecule has 1 aromatic carbocycles. The summed E-state index contributed by atoms with van der Waals surface area (Å²) in [7, 11) is 0. The molecule has 0 spiro atoms. The van der Waals surface area contributed by atoms with Crippen LogP contribution in [0.1, 0.15) is 19.5 Å². The highest BCUT2D eigenvalue weighted by molar-refractivity contribution is 5.87. The fourth-order valence-electron chi connectivity index (χ4n) is 3.04. The van der Waals surface area contributed by atoms with Gasteiger partial charge in [0.2, 0.25) is 0 Å². The van der Waals surface area contributed by atoms with Gasteiger partial charge in [0, 0.05) is 17.3 Å². The Morgan fingerprint density at radius 3 is 2.85 bits per heavy atom. The van der Waals surface area contributed by atoms with E-state index in [-0.39, 0.29) is 37.1 Å². The first-order chi connectivity index (χ1) is 12.3. The number of rotatable bonds is 4. The number of ether oxygens (including phenoxy) is 1. The van der Waals surface area contributed by atoms with E-state index in [4.69, 9.17) is 9.84 Å². The highest BCUT2D eigenvalue weighted by atomic mass is 19.1. The molecule has 0 aliphatic carbocycles. The molecule has 140 valence electrons. The van der Waals surface area contributed by atoms with E-state index in [9.17, 15) is 13.6 Å². The Hall–Kier alpha value is -2.16. The van der Waals surface area contributed by atoms with Gasteiger partial charge in [-0.1, -0.05) is 0 Å². The number of benzene rings is 1. The molecule has 2 aromatic rings. The summed E-state index contributed by atoms with van der Waals surface area (Å²) in [5.41, 5.74) is -0.503. The Balaban J connectivity index is 1.83. The SMILES string of the molecule is CC(C)(NC(=O)[C@@H]1CN[C@H](CO)CO1)c1ncc(F)c2cc(F)ccc12. The smallest absolute Gasteiger partial charge is 0.251 e. The third kappa shape index (κ3) is 3.67. The molecule has 1 amide bonds. The number of aliphatic hydroxyl groups excluding tert-OH is 1. The Morgan fingerprint density at radius 1 is 1.42 bits per heavy atom. The van der Waals surface area contributed by atoms with Crippen LogP contribution in [0.3, 0.4) is 0 Å². The number of carbonyl (C=O) groups is 1. The van der Waals surface area contributed by atoms with Crippen molar-refractivity contribution in [1.29, 1.82) is 0 Å². The van der Waals surface area contributed by atoms with E-state index in [1.165, 1.54) is 12.1 Å². The van der Waals surface area contributed by atoms with Crippen LogP contribution in [0.25, 0.3) is 10.8 Å². The van der Waals surface area contributed by atoms with Gasteiger partial charge in [0.25, 0.3) is 5.91 Å². The van der Waals surface area contributed by atoms with Gasteiger partial charge in [-0.25, -0.2) is 8.78 Å². The van der Waals surface area contributed by atoms with Crippen LogP contribution >= 0.6 is 0 Å². The molecule has 6 nitrogen and oxygen atoms in total. The summed E-state index contributed by atoms with van der Waals surface area (Å²) in [6.07, 6.45) is 0.316. The highest BCUT2D eigenvalue weighted by Gasteiger charge is 2.32. The van der Waals surface area contributed by atoms with Crippen molar-refractivity contribution >= 4 is 16.7 Å². The Kier molecular flexibility index (Phi) is 5.17. The molecule has 1 aliphatic heterocycles. The number of aliphatic hydroxyl groups is 1. The number of carbonyl (C=O) groups excluding carboxylic acids is 1. The minimum Gasteiger partial charge on any atom is -0.395 e. The number of nitrogens with one attached hydrogen (secondary N) is 2. The average molecular weight is 365 g/mol. The standard InChI is InChI=1S/C18H21F2N3O3/c1-18(2,23-17(25)15-7-21-11(8-24)9-26-15)16-12-4-3-10(19)5-13(12)14(20)6-22-16/h3-6,11,15,21,24H,7-9H2,1-2H3,(H,23,25)/t11-,15+/m1/s1. The molecule has 3 rings (SSSR count). The van der Waals surface area contributed by atoms with Crippen LogP contribution in [-0.2, 0) is 15.1 Å². The third-order valence-electron chi connectivity index (χ3n) is 4.43. The molecule has 2 heterocycles. The fourth-order valence-corrected chi connectivity index (χ4v) is 3.04. The molecule has 3 N–H and O–H groups in total. The number of halogens is 2. The molecule has 2 atom stereocenters. The van der Waals surface area contributed by atoms with Gasteiger partial charge in [-0.15, -0.1) is 0 Å². The molecule has 1 fully saturated rings. The van der Waals surface area contributed by atoms with E-state index in [1.54, 1.807) is 13.8 Å². The Bertz CT molecular complexity index is 821. The van der Waals surface area contributed by atoms with Gasteiger partial charge in [0.1, 0.15) is 17.7 Å². The zero-order chi connectivity index (χ0) is 18.9. The Morgan fingerprint density at radius 2 is 2.19 bits per heavy atom. The fraction of sp³-hybridized carbons (Fsp3) is 0.444. The lowest BCUT2D eigenvalue weighted by molar-refractivity contribution is -0.137. The zero-order valence-electron chi connectivity index (χ0n) is 14.6. The summed E-state index contributed by atoms with van der Waals surface area (Å²) < 4.78 is 32.9. The monoisotopic (exact) mass is 365 g/mol. The van der Waals surface area contributed by atoms with Crippen LogP contribution in [0.4, 0.5) is 8.78 Å². The predicted molar refractivity (Wildman–Crippen MR) is 91.4 cm³/mol. The molecule has 0 bridgehead atoms. The second-order valence-corrected chi connectivity index (χ2v) is 6.87. The second-order valence-electron chi connectivity index (χ2n) is 6.87. The molecular formula is C18H21F2N3O3. The maximum atomic E-state index is 14.0. The number of hydrogen-bond acceptors (Lipinski definition) is 5. The van der Waals surface area contributed by atoms with Crippen LogP contribution in [0, 0.1) is 11.6 Å². The number of nitrogens with zero attached hydrogens (tertiary/aromatic N) is 1. The van der Waals surface area contributed by atoms with E-state index in [2.05, 4.69) is 15.6 Å². The van der Waals surface area contributed by atoms with Gasteiger partial charge in [-0.05, 0) is 32.0 Å². The van der Waals surface area contributed by atoms with Crippen molar-refractivity contribution in [3.8, 4) is 0 Å². The Labute approximate surface area is 149 Å². The van der Waals surface area contributed by atoms with Crippen molar-refractivity contribution in [3.05, 3.63) is 41.7 Å². The first-order valence-electron chi connectivity index (χ1n) is 8.34. The molecule has 8 heteroatoms. The molecular weight excluding hydrogens is 344 g/mol. The highest BCUT2D eigenvalue weighted by Crippen LogP contribution is 2.29. The van der Waals surface area contributed by atoms with Gasteiger partial charge in [0.15, 0.2) is 0 Å².